The second-order valence-corrected chi connectivity index (χ2v) is 5.76. The van der Waals surface area contributed by atoms with Gasteiger partial charge in [-0.05, 0) is 18.6 Å². The highest BCUT2D eigenvalue weighted by Gasteiger charge is 2.50. The van der Waals surface area contributed by atoms with Crippen molar-refractivity contribution in [2.75, 3.05) is 4.90 Å². The number of allylic oxidation sites excluding steroid dienone is 4. The minimum absolute atomic E-state index is 0.0577. The first kappa shape index (κ1) is 12.8. The van der Waals surface area contributed by atoms with Gasteiger partial charge < -0.3 is 0 Å². The number of anilines is 1. The summed E-state index contributed by atoms with van der Waals surface area (Å²) in [5.41, 5.74) is 1.70. The highest BCUT2D eigenvalue weighted by atomic mass is 16.2. The van der Waals surface area contributed by atoms with Crippen LogP contribution in [-0.4, -0.2) is 17.2 Å². The lowest BCUT2D eigenvalue weighted by atomic mass is 9.77. The summed E-state index contributed by atoms with van der Waals surface area (Å²) in [4.78, 5) is 29.4. The standard InChI is InChI=1S/C16H16N2O2/c1-16(2)13-5-3-4-6-14(13)18(15(16)20)12-7-11(10-19)8-17-9-12/h3-4,6-10,13H,5H2,1-2H3. The molecule has 1 aromatic rings. The Hall–Kier alpha value is -2.23. The van der Waals surface area contributed by atoms with Crippen molar-refractivity contribution in [3.05, 3.63) is 47.9 Å². The molecule has 1 amide bonds. The van der Waals surface area contributed by atoms with E-state index in [0.717, 1.165) is 18.4 Å². The maximum absolute atomic E-state index is 12.7. The van der Waals surface area contributed by atoms with Gasteiger partial charge in [-0.15, -0.1) is 0 Å². The van der Waals surface area contributed by atoms with Gasteiger partial charge in [-0.3, -0.25) is 19.5 Å². The van der Waals surface area contributed by atoms with E-state index < -0.39 is 5.41 Å². The summed E-state index contributed by atoms with van der Waals surface area (Å²) >= 11 is 0. The molecule has 2 aliphatic rings. The third kappa shape index (κ3) is 1.72. The molecule has 0 aromatic carbocycles. The summed E-state index contributed by atoms with van der Waals surface area (Å²) in [5.74, 6) is 0.238. The van der Waals surface area contributed by atoms with Crippen molar-refractivity contribution in [2.24, 2.45) is 11.3 Å². The fourth-order valence-corrected chi connectivity index (χ4v) is 2.97. The summed E-state index contributed by atoms with van der Waals surface area (Å²) in [5, 5.41) is 0. The van der Waals surface area contributed by atoms with Crippen LogP contribution in [0.3, 0.4) is 0 Å². The zero-order valence-electron chi connectivity index (χ0n) is 11.5. The fourth-order valence-electron chi connectivity index (χ4n) is 2.97. The number of rotatable bonds is 2. The lowest BCUT2D eigenvalue weighted by molar-refractivity contribution is -0.125. The number of hydrogen-bond donors (Lipinski definition) is 0. The monoisotopic (exact) mass is 268 g/mol. The lowest BCUT2D eigenvalue weighted by Crippen LogP contribution is -2.31. The Morgan fingerprint density at radius 1 is 1.40 bits per heavy atom. The van der Waals surface area contributed by atoms with Gasteiger partial charge in [0.15, 0.2) is 6.29 Å². The predicted molar refractivity (Wildman–Crippen MR) is 76.2 cm³/mol. The molecule has 1 aliphatic carbocycles. The van der Waals surface area contributed by atoms with Crippen LogP contribution in [0.1, 0.15) is 30.6 Å². The molecule has 102 valence electrons. The van der Waals surface area contributed by atoms with Gasteiger partial charge in [0.1, 0.15) is 0 Å². The molecule has 1 fully saturated rings. The minimum Gasteiger partial charge on any atom is -0.298 e. The predicted octanol–water partition coefficient (Wildman–Crippen LogP) is 2.73. The first-order chi connectivity index (χ1) is 9.55. The molecule has 1 aromatic heterocycles. The van der Waals surface area contributed by atoms with E-state index >= 15 is 0 Å². The van der Waals surface area contributed by atoms with Crippen LogP contribution < -0.4 is 4.90 Å². The molecule has 4 nitrogen and oxygen atoms in total. The maximum Gasteiger partial charge on any atom is 0.237 e. The highest BCUT2D eigenvalue weighted by molar-refractivity contribution is 6.04. The Balaban J connectivity index is 2.12. The molecule has 0 spiro atoms. The van der Waals surface area contributed by atoms with Gasteiger partial charge in [-0.1, -0.05) is 26.0 Å². The van der Waals surface area contributed by atoms with E-state index in [-0.39, 0.29) is 11.8 Å². The molecule has 0 N–H and O–H groups in total. The van der Waals surface area contributed by atoms with Crippen LogP contribution in [0.25, 0.3) is 0 Å². The topological polar surface area (TPSA) is 50.3 Å². The molecule has 1 unspecified atom stereocenters. The Morgan fingerprint density at radius 2 is 2.20 bits per heavy atom. The summed E-state index contributed by atoms with van der Waals surface area (Å²) in [7, 11) is 0. The lowest BCUT2D eigenvalue weighted by Gasteiger charge is -2.23. The first-order valence-corrected chi connectivity index (χ1v) is 6.67. The number of aromatic nitrogens is 1. The van der Waals surface area contributed by atoms with E-state index in [2.05, 4.69) is 11.1 Å². The molecule has 1 saturated heterocycles. The fraction of sp³-hybridized carbons (Fsp3) is 0.312. The average molecular weight is 268 g/mol. The van der Waals surface area contributed by atoms with Crippen LogP contribution in [0.15, 0.2) is 42.4 Å². The van der Waals surface area contributed by atoms with Crippen LogP contribution in [-0.2, 0) is 4.79 Å². The van der Waals surface area contributed by atoms with Crippen LogP contribution in [0.5, 0.6) is 0 Å². The van der Waals surface area contributed by atoms with Crippen LogP contribution >= 0.6 is 0 Å². The number of carbonyl (C=O) groups excluding carboxylic acids is 2. The number of aldehydes is 1. The number of nitrogens with zero attached hydrogens (tertiary/aromatic N) is 2. The molecule has 2 heterocycles. The molecule has 1 atom stereocenters. The number of hydrogen-bond acceptors (Lipinski definition) is 3. The highest BCUT2D eigenvalue weighted by Crippen LogP contribution is 2.48. The van der Waals surface area contributed by atoms with Crippen molar-refractivity contribution in [3.8, 4) is 0 Å². The van der Waals surface area contributed by atoms with Gasteiger partial charge >= 0.3 is 0 Å². The smallest absolute Gasteiger partial charge is 0.237 e. The minimum atomic E-state index is -0.437. The van der Waals surface area contributed by atoms with E-state index in [4.69, 9.17) is 0 Å². The van der Waals surface area contributed by atoms with E-state index in [0.29, 0.717) is 11.3 Å². The van der Waals surface area contributed by atoms with Crippen molar-refractivity contribution >= 4 is 17.9 Å². The van der Waals surface area contributed by atoms with Gasteiger partial charge in [0.05, 0.1) is 17.3 Å². The first-order valence-electron chi connectivity index (χ1n) is 6.67. The van der Waals surface area contributed by atoms with E-state index in [1.807, 2.05) is 26.0 Å². The number of carbonyl (C=O) groups is 2. The average Bonchev–Trinajstić information content (AvgIpc) is 2.67. The van der Waals surface area contributed by atoms with Gasteiger partial charge in [-0.25, -0.2) is 0 Å². The molecule has 0 bridgehead atoms. The quantitative estimate of drug-likeness (QED) is 0.775. The van der Waals surface area contributed by atoms with Crippen molar-refractivity contribution in [2.45, 2.75) is 20.3 Å². The van der Waals surface area contributed by atoms with Crippen molar-refractivity contribution in [1.29, 1.82) is 0 Å². The molecular weight excluding hydrogens is 252 g/mol. The molecule has 0 saturated carbocycles. The van der Waals surface area contributed by atoms with E-state index in [9.17, 15) is 9.59 Å². The normalized spacial score (nSPS) is 23.5. The number of amides is 1. The maximum atomic E-state index is 12.7. The Bertz CT molecular complexity index is 644. The van der Waals surface area contributed by atoms with Gasteiger partial charge in [0, 0.05) is 23.4 Å². The molecule has 0 radical (unpaired) electrons. The van der Waals surface area contributed by atoms with Crippen LogP contribution in [0, 0.1) is 11.3 Å². The van der Waals surface area contributed by atoms with Gasteiger partial charge in [0.25, 0.3) is 0 Å². The number of pyridine rings is 1. The molecular formula is C16H16N2O2. The third-order valence-corrected chi connectivity index (χ3v) is 4.15. The summed E-state index contributed by atoms with van der Waals surface area (Å²) in [6, 6.07) is 1.70. The van der Waals surface area contributed by atoms with Crippen LogP contribution in [0.4, 0.5) is 5.69 Å². The zero-order valence-corrected chi connectivity index (χ0v) is 11.5. The molecule has 1 aliphatic heterocycles. The van der Waals surface area contributed by atoms with Crippen molar-refractivity contribution in [3.63, 3.8) is 0 Å². The second-order valence-electron chi connectivity index (χ2n) is 5.76. The summed E-state index contributed by atoms with van der Waals surface area (Å²) in [6.45, 7) is 3.95. The third-order valence-electron chi connectivity index (χ3n) is 4.15. The Kier molecular flexibility index (Phi) is 2.82. The molecule has 20 heavy (non-hydrogen) atoms. The Morgan fingerprint density at radius 3 is 2.95 bits per heavy atom. The van der Waals surface area contributed by atoms with E-state index in [1.54, 1.807) is 17.2 Å². The van der Waals surface area contributed by atoms with Gasteiger partial charge in [-0.2, -0.15) is 0 Å². The summed E-state index contributed by atoms with van der Waals surface area (Å²) in [6.07, 6.45) is 10.8. The van der Waals surface area contributed by atoms with Crippen molar-refractivity contribution < 1.29 is 9.59 Å². The summed E-state index contributed by atoms with van der Waals surface area (Å²) < 4.78 is 0. The van der Waals surface area contributed by atoms with Gasteiger partial charge in [0.2, 0.25) is 5.91 Å². The second kappa shape index (κ2) is 4.40. The molecule has 3 rings (SSSR count). The van der Waals surface area contributed by atoms with Crippen LogP contribution in [0.2, 0.25) is 0 Å². The largest absolute Gasteiger partial charge is 0.298 e. The zero-order chi connectivity index (χ0) is 14.3. The SMILES string of the molecule is CC1(C)C(=O)N(c2cncc(C=O)c2)C2=CC=CCC21. The molecule has 4 heteroatoms. The van der Waals surface area contributed by atoms with E-state index in [1.165, 1.54) is 6.20 Å². The Labute approximate surface area is 117 Å². The number of fused-ring (bicyclic) bond motifs is 1. The van der Waals surface area contributed by atoms with Crippen molar-refractivity contribution in [1.82, 2.24) is 4.98 Å².